The summed E-state index contributed by atoms with van der Waals surface area (Å²) < 4.78 is 12.2. The first kappa shape index (κ1) is 19.7. The standard InChI is InChI=1S/C22H19N3O4S/c1-24(13-17-9-5-11-28-17)20(26)15-29-22(27)18-14-25(16-7-3-2-4-8-16)23-21(18)19-10-6-12-30-19/h2-12,14H,13,15H2,1H3. The molecule has 1 amide bonds. The summed E-state index contributed by atoms with van der Waals surface area (Å²) in [5, 5.41) is 6.49. The first-order valence-corrected chi connectivity index (χ1v) is 10.1. The molecule has 8 heteroatoms. The van der Waals surface area contributed by atoms with Gasteiger partial charge in [0, 0.05) is 13.2 Å². The van der Waals surface area contributed by atoms with Gasteiger partial charge in [-0.25, -0.2) is 9.48 Å². The van der Waals surface area contributed by atoms with Crippen LogP contribution in [0.2, 0.25) is 0 Å². The third-order valence-corrected chi connectivity index (χ3v) is 5.31. The third-order valence-electron chi connectivity index (χ3n) is 4.44. The van der Waals surface area contributed by atoms with Gasteiger partial charge in [0.05, 0.1) is 23.4 Å². The molecule has 3 heterocycles. The summed E-state index contributed by atoms with van der Waals surface area (Å²) in [4.78, 5) is 27.4. The Balaban J connectivity index is 1.50. The predicted molar refractivity (Wildman–Crippen MR) is 112 cm³/mol. The monoisotopic (exact) mass is 421 g/mol. The van der Waals surface area contributed by atoms with Gasteiger partial charge in [-0.1, -0.05) is 24.3 Å². The number of ether oxygens (including phenoxy) is 1. The number of benzene rings is 1. The Morgan fingerprint density at radius 2 is 1.97 bits per heavy atom. The smallest absolute Gasteiger partial charge is 0.342 e. The van der Waals surface area contributed by atoms with Gasteiger partial charge in [0.2, 0.25) is 0 Å². The van der Waals surface area contributed by atoms with E-state index >= 15 is 0 Å². The van der Waals surface area contributed by atoms with Crippen LogP contribution in [0.15, 0.2) is 76.9 Å². The Bertz CT molecular complexity index is 1120. The molecule has 152 valence electrons. The van der Waals surface area contributed by atoms with Crippen molar-refractivity contribution in [3.63, 3.8) is 0 Å². The average Bonchev–Trinajstić information content (AvgIpc) is 3.53. The number of thiophene rings is 1. The fourth-order valence-electron chi connectivity index (χ4n) is 2.87. The van der Waals surface area contributed by atoms with Crippen molar-refractivity contribution < 1.29 is 18.7 Å². The lowest BCUT2D eigenvalue weighted by Gasteiger charge is -2.15. The van der Waals surface area contributed by atoms with Crippen molar-refractivity contribution in [2.45, 2.75) is 6.54 Å². The molecule has 1 aromatic carbocycles. The van der Waals surface area contributed by atoms with E-state index in [4.69, 9.17) is 9.15 Å². The van der Waals surface area contributed by atoms with E-state index in [9.17, 15) is 9.59 Å². The number of aromatic nitrogens is 2. The fourth-order valence-corrected chi connectivity index (χ4v) is 3.59. The molecule has 0 bridgehead atoms. The molecule has 4 rings (SSSR count). The van der Waals surface area contributed by atoms with E-state index in [0.29, 0.717) is 23.6 Å². The summed E-state index contributed by atoms with van der Waals surface area (Å²) in [7, 11) is 1.63. The second kappa shape index (κ2) is 8.79. The van der Waals surface area contributed by atoms with Gasteiger partial charge in [-0.3, -0.25) is 4.79 Å². The summed E-state index contributed by atoms with van der Waals surface area (Å²) in [6.45, 7) is -0.0633. The molecule has 0 saturated carbocycles. The molecular weight excluding hydrogens is 402 g/mol. The Morgan fingerprint density at radius 3 is 2.67 bits per heavy atom. The molecule has 3 aromatic heterocycles. The number of para-hydroxylation sites is 1. The summed E-state index contributed by atoms with van der Waals surface area (Å²) in [5.41, 5.74) is 1.65. The van der Waals surface area contributed by atoms with E-state index in [0.717, 1.165) is 10.6 Å². The van der Waals surface area contributed by atoms with Crippen molar-refractivity contribution >= 4 is 23.2 Å². The van der Waals surface area contributed by atoms with Crippen LogP contribution < -0.4 is 0 Å². The second-order valence-electron chi connectivity index (χ2n) is 6.55. The Hall–Kier alpha value is -3.65. The van der Waals surface area contributed by atoms with Crippen LogP contribution in [0.5, 0.6) is 0 Å². The highest BCUT2D eigenvalue weighted by Gasteiger charge is 2.22. The number of hydrogen-bond acceptors (Lipinski definition) is 6. The molecule has 7 nitrogen and oxygen atoms in total. The van der Waals surface area contributed by atoms with Gasteiger partial charge in [-0.15, -0.1) is 11.3 Å². The Morgan fingerprint density at radius 1 is 1.13 bits per heavy atom. The predicted octanol–water partition coefficient (Wildman–Crippen LogP) is 4.01. The van der Waals surface area contributed by atoms with E-state index in [1.807, 2.05) is 47.8 Å². The minimum atomic E-state index is -0.597. The van der Waals surface area contributed by atoms with E-state index in [2.05, 4.69) is 5.10 Å². The maximum atomic E-state index is 12.8. The lowest BCUT2D eigenvalue weighted by atomic mass is 10.2. The van der Waals surface area contributed by atoms with Crippen molar-refractivity contribution in [3.05, 3.63) is 83.8 Å². The van der Waals surface area contributed by atoms with E-state index in [1.165, 1.54) is 16.2 Å². The van der Waals surface area contributed by atoms with E-state index in [1.54, 1.807) is 36.3 Å². The SMILES string of the molecule is CN(Cc1ccco1)C(=O)COC(=O)c1cn(-c2ccccc2)nc1-c1cccs1. The molecule has 0 atom stereocenters. The zero-order chi connectivity index (χ0) is 20.9. The Labute approximate surface area is 177 Å². The summed E-state index contributed by atoms with van der Waals surface area (Å²) in [6, 6.07) is 16.8. The van der Waals surface area contributed by atoms with Crippen molar-refractivity contribution in [2.75, 3.05) is 13.7 Å². The van der Waals surface area contributed by atoms with Crippen LogP contribution in [0.4, 0.5) is 0 Å². The van der Waals surface area contributed by atoms with Crippen LogP contribution in [0.25, 0.3) is 16.3 Å². The topological polar surface area (TPSA) is 77.6 Å². The highest BCUT2D eigenvalue weighted by Crippen LogP contribution is 2.28. The van der Waals surface area contributed by atoms with Crippen LogP contribution >= 0.6 is 11.3 Å². The number of amides is 1. The van der Waals surface area contributed by atoms with Crippen LogP contribution in [0.1, 0.15) is 16.1 Å². The normalized spacial score (nSPS) is 10.7. The summed E-state index contributed by atoms with van der Waals surface area (Å²) >= 11 is 1.48. The highest BCUT2D eigenvalue weighted by molar-refractivity contribution is 7.13. The molecule has 0 aliphatic rings. The number of carbonyl (C=O) groups excluding carboxylic acids is 2. The van der Waals surface area contributed by atoms with Gasteiger partial charge in [0.15, 0.2) is 6.61 Å². The second-order valence-corrected chi connectivity index (χ2v) is 7.50. The summed E-state index contributed by atoms with van der Waals surface area (Å²) in [6.07, 6.45) is 3.17. The fraction of sp³-hybridized carbons (Fsp3) is 0.136. The number of furan rings is 1. The van der Waals surface area contributed by atoms with Crippen molar-refractivity contribution in [1.29, 1.82) is 0 Å². The number of carbonyl (C=O) groups is 2. The van der Waals surface area contributed by atoms with Crippen LogP contribution in [-0.2, 0) is 16.1 Å². The molecule has 0 spiro atoms. The molecule has 4 aromatic rings. The molecule has 30 heavy (non-hydrogen) atoms. The number of hydrogen-bond donors (Lipinski definition) is 0. The van der Waals surface area contributed by atoms with Gasteiger partial charge >= 0.3 is 5.97 Å². The minimum absolute atomic E-state index is 0.301. The Kier molecular flexibility index (Phi) is 5.76. The average molecular weight is 421 g/mol. The molecule has 0 N–H and O–H groups in total. The largest absolute Gasteiger partial charge is 0.467 e. The van der Waals surface area contributed by atoms with Crippen LogP contribution in [0, 0.1) is 0 Å². The number of likely N-dealkylation sites (N-methyl/N-ethyl adjacent to an activating group) is 1. The third kappa shape index (κ3) is 4.33. The van der Waals surface area contributed by atoms with Gasteiger partial charge in [0.1, 0.15) is 17.0 Å². The van der Waals surface area contributed by atoms with Gasteiger partial charge in [0.25, 0.3) is 5.91 Å². The van der Waals surface area contributed by atoms with E-state index < -0.39 is 5.97 Å². The molecule has 0 saturated heterocycles. The maximum absolute atomic E-state index is 12.8. The van der Waals surface area contributed by atoms with Crippen molar-refractivity contribution in [2.24, 2.45) is 0 Å². The zero-order valence-corrected chi connectivity index (χ0v) is 17.0. The number of nitrogens with zero attached hydrogens (tertiary/aromatic N) is 3. The molecule has 0 aliphatic carbocycles. The highest BCUT2D eigenvalue weighted by atomic mass is 32.1. The van der Waals surface area contributed by atoms with Crippen LogP contribution in [-0.4, -0.2) is 40.2 Å². The maximum Gasteiger partial charge on any atom is 0.342 e. The molecule has 0 radical (unpaired) electrons. The van der Waals surface area contributed by atoms with Gasteiger partial charge in [-0.2, -0.15) is 5.10 Å². The minimum Gasteiger partial charge on any atom is -0.467 e. The summed E-state index contributed by atoms with van der Waals surface area (Å²) in [5.74, 6) is -0.269. The molecule has 0 unspecified atom stereocenters. The van der Waals surface area contributed by atoms with Crippen molar-refractivity contribution in [1.82, 2.24) is 14.7 Å². The quantitative estimate of drug-likeness (QED) is 0.422. The lowest BCUT2D eigenvalue weighted by Crippen LogP contribution is -2.30. The van der Waals surface area contributed by atoms with Crippen molar-refractivity contribution in [3.8, 4) is 16.3 Å². The van der Waals surface area contributed by atoms with Crippen LogP contribution in [0.3, 0.4) is 0 Å². The van der Waals surface area contributed by atoms with E-state index in [-0.39, 0.29) is 12.5 Å². The number of esters is 1. The zero-order valence-electron chi connectivity index (χ0n) is 16.2. The number of rotatable bonds is 7. The lowest BCUT2D eigenvalue weighted by molar-refractivity contribution is -0.133. The molecule has 0 fully saturated rings. The first-order valence-electron chi connectivity index (χ1n) is 9.24. The molecular formula is C22H19N3O4S. The first-order chi connectivity index (χ1) is 14.6. The van der Waals surface area contributed by atoms with Gasteiger partial charge in [-0.05, 0) is 35.7 Å². The molecule has 0 aliphatic heterocycles. The van der Waals surface area contributed by atoms with Gasteiger partial charge < -0.3 is 14.1 Å².